The molecule has 0 aromatic carbocycles. The third-order valence-corrected chi connectivity index (χ3v) is 2.24. The van der Waals surface area contributed by atoms with E-state index in [1.807, 2.05) is 6.07 Å². The summed E-state index contributed by atoms with van der Waals surface area (Å²) in [6.07, 6.45) is 3.07. The molecule has 0 aliphatic carbocycles. The molecule has 1 aliphatic heterocycles. The van der Waals surface area contributed by atoms with Gasteiger partial charge in [0.1, 0.15) is 0 Å². The van der Waals surface area contributed by atoms with Crippen molar-refractivity contribution in [3.63, 3.8) is 0 Å². The van der Waals surface area contributed by atoms with Crippen LogP contribution in [0.1, 0.15) is 28.2 Å². The SMILES string of the molecule is O=Cc1cc2c([nH]1)CCCNC2. The van der Waals surface area contributed by atoms with E-state index in [4.69, 9.17) is 0 Å². The molecule has 64 valence electrons. The number of aromatic amines is 1. The van der Waals surface area contributed by atoms with Crippen molar-refractivity contribution in [3.8, 4) is 0 Å². The minimum absolute atomic E-state index is 0.698. The molecular weight excluding hydrogens is 152 g/mol. The number of aldehydes is 1. The van der Waals surface area contributed by atoms with Gasteiger partial charge in [0.05, 0.1) is 5.69 Å². The summed E-state index contributed by atoms with van der Waals surface area (Å²) < 4.78 is 0. The third-order valence-electron chi connectivity index (χ3n) is 2.24. The fourth-order valence-electron chi connectivity index (χ4n) is 1.62. The van der Waals surface area contributed by atoms with Crippen LogP contribution in [-0.4, -0.2) is 17.8 Å². The van der Waals surface area contributed by atoms with Gasteiger partial charge >= 0.3 is 0 Å². The van der Waals surface area contributed by atoms with Crippen molar-refractivity contribution >= 4 is 6.29 Å². The maximum Gasteiger partial charge on any atom is 0.166 e. The first-order valence-electron chi connectivity index (χ1n) is 4.27. The van der Waals surface area contributed by atoms with E-state index in [2.05, 4.69) is 10.3 Å². The van der Waals surface area contributed by atoms with E-state index in [-0.39, 0.29) is 0 Å². The highest BCUT2D eigenvalue weighted by Crippen LogP contribution is 2.14. The van der Waals surface area contributed by atoms with Gasteiger partial charge in [0, 0.05) is 12.2 Å². The highest BCUT2D eigenvalue weighted by Gasteiger charge is 2.09. The van der Waals surface area contributed by atoms with E-state index in [1.54, 1.807) is 0 Å². The fourth-order valence-corrected chi connectivity index (χ4v) is 1.62. The molecule has 3 nitrogen and oxygen atoms in total. The lowest BCUT2D eigenvalue weighted by Crippen LogP contribution is -2.11. The molecule has 0 saturated heterocycles. The lowest BCUT2D eigenvalue weighted by Gasteiger charge is -1.94. The average Bonchev–Trinajstić information content (AvgIpc) is 2.37. The summed E-state index contributed by atoms with van der Waals surface area (Å²) >= 11 is 0. The van der Waals surface area contributed by atoms with Crippen molar-refractivity contribution in [2.75, 3.05) is 6.54 Å². The molecule has 1 aliphatic rings. The molecule has 1 aromatic rings. The molecule has 0 fully saturated rings. The molecule has 0 radical (unpaired) electrons. The van der Waals surface area contributed by atoms with Gasteiger partial charge in [0.2, 0.25) is 0 Å². The largest absolute Gasteiger partial charge is 0.356 e. The van der Waals surface area contributed by atoms with Gasteiger partial charge in [0.25, 0.3) is 0 Å². The monoisotopic (exact) mass is 164 g/mol. The second-order valence-electron chi connectivity index (χ2n) is 3.13. The van der Waals surface area contributed by atoms with Crippen molar-refractivity contribution in [2.24, 2.45) is 0 Å². The Morgan fingerprint density at radius 2 is 2.42 bits per heavy atom. The molecule has 0 saturated carbocycles. The fraction of sp³-hybridized carbons (Fsp3) is 0.444. The van der Waals surface area contributed by atoms with Crippen LogP contribution < -0.4 is 5.32 Å². The van der Waals surface area contributed by atoms with Gasteiger partial charge in [-0.2, -0.15) is 0 Å². The average molecular weight is 164 g/mol. The Balaban J connectivity index is 2.32. The van der Waals surface area contributed by atoms with Crippen LogP contribution in [0.2, 0.25) is 0 Å². The Kier molecular flexibility index (Phi) is 1.96. The van der Waals surface area contributed by atoms with Crippen LogP contribution in [0.4, 0.5) is 0 Å². The first-order chi connectivity index (χ1) is 5.90. The second-order valence-corrected chi connectivity index (χ2v) is 3.13. The molecule has 0 bridgehead atoms. The number of aromatic nitrogens is 1. The maximum absolute atomic E-state index is 10.5. The van der Waals surface area contributed by atoms with Crippen LogP contribution in [0.25, 0.3) is 0 Å². The number of fused-ring (bicyclic) bond motifs is 1. The zero-order valence-electron chi connectivity index (χ0n) is 6.89. The van der Waals surface area contributed by atoms with E-state index < -0.39 is 0 Å². The van der Waals surface area contributed by atoms with E-state index in [9.17, 15) is 4.79 Å². The number of nitrogens with one attached hydrogen (secondary N) is 2. The number of aryl methyl sites for hydroxylation is 1. The summed E-state index contributed by atoms with van der Waals surface area (Å²) in [4.78, 5) is 13.6. The standard InChI is InChI=1S/C9H12N2O/c12-6-8-4-7-5-10-3-1-2-9(7)11-8/h4,6,10-11H,1-3,5H2. The Morgan fingerprint density at radius 3 is 3.25 bits per heavy atom. The van der Waals surface area contributed by atoms with Gasteiger partial charge in [-0.15, -0.1) is 0 Å². The van der Waals surface area contributed by atoms with E-state index >= 15 is 0 Å². The van der Waals surface area contributed by atoms with Crippen LogP contribution in [0.3, 0.4) is 0 Å². The first kappa shape index (κ1) is 7.55. The molecule has 12 heavy (non-hydrogen) atoms. The van der Waals surface area contributed by atoms with Crippen LogP contribution in [0.5, 0.6) is 0 Å². The zero-order chi connectivity index (χ0) is 8.39. The van der Waals surface area contributed by atoms with E-state index in [0.717, 1.165) is 32.2 Å². The van der Waals surface area contributed by atoms with Crippen LogP contribution in [0.15, 0.2) is 6.07 Å². The zero-order valence-corrected chi connectivity index (χ0v) is 6.89. The number of H-pyrrole nitrogens is 1. The smallest absolute Gasteiger partial charge is 0.166 e. The van der Waals surface area contributed by atoms with Gasteiger partial charge < -0.3 is 10.3 Å². The molecule has 0 unspecified atom stereocenters. The number of hydrogen-bond acceptors (Lipinski definition) is 2. The van der Waals surface area contributed by atoms with Crippen molar-refractivity contribution < 1.29 is 4.79 Å². The molecule has 0 atom stereocenters. The predicted octanol–water partition coefficient (Wildman–Crippen LogP) is 0.863. The molecule has 1 aromatic heterocycles. The van der Waals surface area contributed by atoms with Gasteiger partial charge in [-0.3, -0.25) is 4.79 Å². The quantitative estimate of drug-likeness (QED) is 0.605. The molecule has 0 amide bonds. The molecule has 0 spiro atoms. The predicted molar refractivity (Wildman–Crippen MR) is 46.2 cm³/mol. The lowest BCUT2D eigenvalue weighted by atomic mass is 10.2. The van der Waals surface area contributed by atoms with Crippen LogP contribution in [-0.2, 0) is 13.0 Å². The summed E-state index contributed by atoms with van der Waals surface area (Å²) in [5.41, 5.74) is 3.17. The summed E-state index contributed by atoms with van der Waals surface area (Å²) in [7, 11) is 0. The molecule has 2 rings (SSSR count). The maximum atomic E-state index is 10.5. The normalized spacial score (nSPS) is 16.7. The number of carbonyl (C=O) groups is 1. The lowest BCUT2D eigenvalue weighted by molar-refractivity contribution is 0.111. The number of rotatable bonds is 1. The topological polar surface area (TPSA) is 44.9 Å². The third kappa shape index (κ3) is 1.28. The van der Waals surface area contributed by atoms with Gasteiger partial charge in [-0.05, 0) is 31.0 Å². The van der Waals surface area contributed by atoms with Gasteiger partial charge in [0.15, 0.2) is 6.29 Å². The number of carbonyl (C=O) groups excluding carboxylic acids is 1. The molecule has 2 heterocycles. The summed E-state index contributed by atoms with van der Waals surface area (Å²) in [6, 6.07) is 1.93. The van der Waals surface area contributed by atoms with Crippen LogP contribution >= 0.6 is 0 Å². The summed E-state index contributed by atoms with van der Waals surface area (Å²) in [6.45, 7) is 1.96. The first-order valence-corrected chi connectivity index (χ1v) is 4.27. The Bertz CT molecular complexity index is 267. The minimum atomic E-state index is 0.698. The summed E-state index contributed by atoms with van der Waals surface area (Å²) in [5, 5.41) is 3.30. The number of hydrogen-bond donors (Lipinski definition) is 2. The Labute approximate surface area is 71.2 Å². The molecule has 2 N–H and O–H groups in total. The van der Waals surface area contributed by atoms with Crippen molar-refractivity contribution in [2.45, 2.75) is 19.4 Å². The minimum Gasteiger partial charge on any atom is -0.356 e. The van der Waals surface area contributed by atoms with Crippen molar-refractivity contribution in [1.29, 1.82) is 0 Å². The highest BCUT2D eigenvalue weighted by molar-refractivity contribution is 5.72. The van der Waals surface area contributed by atoms with Crippen molar-refractivity contribution in [3.05, 3.63) is 23.0 Å². The summed E-state index contributed by atoms with van der Waals surface area (Å²) in [5.74, 6) is 0. The highest BCUT2D eigenvalue weighted by atomic mass is 16.1. The molecule has 3 heteroatoms. The van der Waals surface area contributed by atoms with Gasteiger partial charge in [-0.1, -0.05) is 0 Å². The Morgan fingerprint density at radius 1 is 1.50 bits per heavy atom. The van der Waals surface area contributed by atoms with Crippen LogP contribution in [0, 0.1) is 0 Å². The van der Waals surface area contributed by atoms with E-state index in [0.29, 0.717) is 5.69 Å². The van der Waals surface area contributed by atoms with E-state index in [1.165, 1.54) is 11.3 Å². The molecular formula is C9H12N2O. The van der Waals surface area contributed by atoms with Crippen molar-refractivity contribution in [1.82, 2.24) is 10.3 Å². The Hall–Kier alpha value is -1.09. The second kappa shape index (κ2) is 3.11. The van der Waals surface area contributed by atoms with Gasteiger partial charge in [-0.25, -0.2) is 0 Å².